The standard InChI is InChI=1S/C44H59F3N6O11S/c1-24(2)36(48)38(60)43(6,25(3)4)37(42(64)49-29(21-54)20-44(45,46)47)53-40(62)30(18-28-15-11-10-12-26(28)5)51-41(63)32(23-65-22-27-13-8-7-9-14-27)52-39(61)31(19-35(58)59)50-33(55)16-17-34(56)57/h7-15,21,24-25,29-32,36-37H,16-20,22-23,48H2,1-6H3,(H,49,64)(H,50,55)(H,51,63)(H,52,61)(H,53,62)(H,56,57)(H,58,59)/t29?,30-,31-,32-,36-,37+,43?/m0/s1. The van der Waals surface area contributed by atoms with Gasteiger partial charge in [0.25, 0.3) is 0 Å². The lowest BCUT2D eigenvalue weighted by atomic mass is 9.66. The van der Waals surface area contributed by atoms with Crippen LogP contribution in [0, 0.1) is 24.2 Å². The van der Waals surface area contributed by atoms with Crippen molar-refractivity contribution in [2.24, 2.45) is 23.0 Å². The molecule has 65 heavy (non-hydrogen) atoms. The van der Waals surface area contributed by atoms with Crippen LogP contribution < -0.4 is 32.3 Å². The first-order valence-corrected chi connectivity index (χ1v) is 21.9. The fraction of sp³-hybridized carbons (Fsp3) is 0.523. The molecule has 0 aromatic heterocycles. The lowest BCUT2D eigenvalue weighted by Gasteiger charge is -2.42. The van der Waals surface area contributed by atoms with Gasteiger partial charge in [-0.2, -0.15) is 24.9 Å². The third-order valence-electron chi connectivity index (χ3n) is 10.8. The van der Waals surface area contributed by atoms with Gasteiger partial charge in [-0.15, -0.1) is 0 Å². The van der Waals surface area contributed by atoms with Crippen LogP contribution in [0.15, 0.2) is 54.6 Å². The lowest BCUT2D eigenvalue weighted by Crippen LogP contribution is -2.66. The number of nitrogens with two attached hydrogens (primary N) is 1. The van der Waals surface area contributed by atoms with Crippen molar-refractivity contribution >= 4 is 65.3 Å². The van der Waals surface area contributed by atoms with Gasteiger partial charge in [0, 0.05) is 24.3 Å². The van der Waals surface area contributed by atoms with Gasteiger partial charge in [0.2, 0.25) is 29.5 Å². The Morgan fingerprint density at radius 3 is 1.85 bits per heavy atom. The van der Waals surface area contributed by atoms with Crippen molar-refractivity contribution < 1.29 is 66.5 Å². The fourth-order valence-corrected chi connectivity index (χ4v) is 7.55. The number of alkyl halides is 3. The normalized spacial score (nSPS) is 15.2. The van der Waals surface area contributed by atoms with Crippen LogP contribution in [0.2, 0.25) is 0 Å². The number of benzene rings is 2. The second-order valence-electron chi connectivity index (χ2n) is 16.4. The van der Waals surface area contributed by atoms with E-state index in [1.807, 2.05) is 5.32 Å². The molecule has 9 N–H and O–H groups in total. The molecule has 2 aromatic rings. The number of Topliss-reactive ketones (excluding diaryl/α,β-unsaturated/α-hetero) is 1. The molecule has 0 bridgehead atoms. The number of amides is 5. The second kappa shape index (κ2) is 25.6. The minimum Gasteiger partial charge on any atom is -0.481 e. The number of hydrogen-bond donors (Lipinski definition) is 8. The molecule has 0 saturated heterocycles. The van der Waals surface area contributed by atoms with Crippen molar-refractivity contribution in [3.63, 3.8) is 0 Å². The summed E-state index contributed by atoms with van der Waals surface area (Å²) in [6.07, 6.45) is -9.24. The molecule has 2 aromatic carbocycles. The summed E-state index contributed by atoms with van der Waals surface area (Å²) in [5, 5.41) is 30.2. The maximum Gasteiger partial charge on any atom is 0.391 e. The molecule has 7 atom stereocenters. The number of ketones is 1. The van der Waals surface area contributed by atoms with Gasteiger partial charge in [0.05, 0.1) is 36.8 Å². The predicted octanol–water partition coefficient (Wildman–Crippen LogP) is 2.60. The van der Waals surface area contributed by atoms with E-state index in [4.69, 9.17) is 10.8 Å². The summed E-state index contributed by atoms with van der Waals surface area (Å²) in [4.78, 5) is 118. The van der Waals surface area contributed by atoms with Crippen LogP contribution in [0.4, 0.5) is 13.2 Å². The van der Waals surface area contributed by atoms with E-state index in [0.29, 0.717) is 16.9 Å². The van der Waals surface area contributed by atoms with Crippen LogP contribution in [0.25, 0.3) is 0 Å². The number of carbonyl (C=O) groups is 9. The summed E-state index contributed by atoms with van der Waals surface area (Å²) in [6, 6.07) is 5.38. The molecule has 5 amide bonds. The number of thioether (sulfide) groups is 1. The van der Waals surface area contributed by atoms with Crippen LogP contribution in [0.3, 0.4) is 0 Å². The van der Waals surface area contributed by atoms with E-state index >= 15 is 0 Å². The maximum atomic E-state index is 14.6. The maximum absolute atomic E-state index is 14.6. The van der Waals surface area contributed by atoms with Gasteiger partial charge < -0.3 is 47.3 Å². The molecule has 0 saturated carbocycles. The Balaban J connectivity index is 2.70. The molecule has 2 unspecified atom stereocenters. The zero-order chi connectivity index (χ0) is 49.2. The fourth-order valence-electron chi connectivity index (χ4n) is 6.54. The SMILES string of the molecule is Cc1ccccc1C[C@H](NC(=O)[C@H](CSCc1ccccc1)NC(=O)[C@H](CC(=O)O)NC(=O)CCC(=O)O)C(=O)N[C@H](C(=O)NC(C=O)CC(F)(F)F)C(C)(C(=O)[C@@H](N)C(C)C)C(C)C. The van der Waals surface area contributed by atoms with Gasteiger partial charge in [-0.25, -0.2) is 0 Å². The zero-order valence-electron chi connectivity index (χ0n) is 37.0. The Kier molecular flexibility index (Phi) is 21.8. The Labute approximate surface area is 379 Å². The summed E-state index contributed by atoms with van der Waals surface area (Å²) in [5.74, 6) is -10.3. The molecule has 0 aliphatic heterocycles. The van der Waals surface area contributed by atoms with Crippen LogP contribution in [-0.2, 0) is 55.3 Å². The number of aryl methyl sites for hydroxylation is 1. The molecule has 0 radical (unpaired) electrons. The molecule has 0 aliphatic rings. The van der Waals surface area contributed by atoms with E-state index in [2.05, 4.69) is 21.3 Å². The van der Waals surface area contributed by atoms with Gasteiger partial charge in [-0.1, -0.05) is 82.3 Å². The van der Waals surface area contributed by atoms with Crippen molar-refractivity contribution in [2.45, 2.75) is 122 Å². The van der Waals surface area contributed by atoms with Crippen LogP contribution in [0.1, 0.15) is 77.0 Å². The molecular formula is C44H59F3N6O11S. The number of halogens is 3. The Bertz CT molecular complexity index is 2010. The molecule has 0 fully saturated rings. The van der Waals surface area contributed by atoms with Crippen LogP contribution >= 0.6 is 11.8 Å². The molecule has 358 valence electrons. The monoisotopic (exact) mass is 936 g/mol. The highest BCUT2D eigenvalue weighted by Gasteiger charge is 2.51. The third kappa shape index (κ3) is 17.9. The van der Waals surface area contributed by atoms with Gasteiger partial charge in [0.1, 0.15) is 30.5 Å². The van der Waals surface area contributed by atoms with E-state index in [1.54, 1.807) is 75.4 Å². The average molecular weight is 937 g/mol. The van der Waals surface area contributed by atoms with Gasteiger partial charge in [-0.3, -0.25) is 38.4 Å². The highest BCUT2D eigenvalue weighted by atomic mass is 32.2. The van der Waals surface area contributed by atoms with Crippen molar-refractivity contribution in [3.8, 4) is 0 Å². The van der Waals surface area contributed by atoms with Crippen molar-refractivity contribution in [2.75, 3.05) is 5.75 Å². The number of carboxylic acid groups (broad SMARTS) is 2. The molecule has 17 nitrogen and oxygen atoms in total. The number of carboxylic acids is 2. The summed E-state index contributed by atoms with van der Waals surface area (Å²) < 4.78 is 40.3. The minimum absolute atomic E-state index is 0.132. The number of aliphatic carboxylic acids is 2. The first-order valence-electron chi connectivity index (χ1n) is 20.7. The summed E-state index contributed by atoms with van der Waals surface area (Å²) >= 11 is 1.16. The topological polar surface area (TPSA) is 280 Å². The summed E-state index contributed by atoms with van der Waals surface area (Å²) in [7, 11) is 0. The first-order chi connectivity index (χ1) is 30.3. The number of aldehydes is 1. The lowest BCUT2D eigenvalue weighted by molar-refractivity contribution is -0.150. The van der Waals surface area contributed by atoms with E-state index < -0.39 is 133 Å². The van der Waals surface area contributed by atoms with Gasteiger partial charge in [-0.05, 0) is 42.4 Å². The van der Waals surface area contributed by atoms with E-state index in [9.17, 15) is 61.4 Å². The highest BCUT2D eigenvalue weighted by molar-refractivity contribution is 7.98. The second-order valence-corrected chi connectivity index (χ2v) is 17.5. The quantitative estimate of drug-likeness (QED) is 0.0599. The number of carbonyl (C=O) groups excluding carboxylic acids is 7. The molecule has 0 aliphatic carbocycles. The van der Waals surface area contributed by atoms with E-state index in [-0.39, 0.29) is 18.5 Å². The molecular weight excluding hydrogens is 878 g/mol. The third-order valence-corrected chi connectivity index (χ3v) is 11.9. The van der Waals surface area contributed by atoms with Crippen molar-refractivity contribution in [3.05, 3.63) is 71.3 Å². The smallest absolute Gasteiger partial charge is 0.391 e. The van der Waals surface area contributed by atoms with Gasteiger partial charge in [0.15, 0.2) is 5.78 Å². The van der Waals surface area contributed by atoms with Crippen LogP contribution in [0.5, 0.6) is 0 Å². The number of nitrogens with one attached hydrogen (secondary N) is 5. The minimum atomic E-state index is -4.90. The largest absolute Gasteiger partial charge is 0.481 e. The van der Waals surface area contributed by atoms with Gasteiger partial charge >= 0.3 is 18.1 Å². The number of hydrogen-bond acceptors (Lipinski definition) is 11. The van der Waals surface area contributed by atoms with Crippen molar-refractivity contribution in [1.82, 2.24) is 26.6 Å². The van der Waals surface area contributed by atoms with E-state index in [0.717, 1.165) is 17.3 Å². The first kappa shape index (κ1) is 55.3. The summed E-state index contributed by atoms with van der Waals surface area (Å²) in [6.45, 7) is 9.33. The molecule has 0 spiro atoms. The molecule has 0 heterocycles. The Morgan fingerprint density at radius 1 is 0.738 bits per heavy atom. The Hall–Kier alpha value is -5.83. The highest BCUT2D eigenvalue weighted by Crippen LogP contribution is 2.35. The van der Waals surface area contributed by atoms with Crippen LogP contribution in [-0.4, -0.2) is 112 Å². The van der Waals surface area contributed by atoms with E-state index in [1.165, 1.54) is 20.8 Å². The van der Waals surface area contributed by atoms with Crippen molar-refractivity contribution in [1.29, 1.82) is 0 Å². The molecule has 2 rings (SSSR count). The average Bonchev–Trinajstić information content (AvgIpc) is 3.22. The zero-order valence-corrected chi connectivity index (χ0v) is 37.8. The Morgan fingerprint density at radius 2 is 1.31 bits per heavy atom. The number of rotatable bonds is 27. The summed E-state index contributed by atoms with van der Waals surface area (Å²) in [5.41, 5.74) is 6.35. The molecule has 21 heteroatoms. The predicted molar refractivity (Wildman–Crippen MR) is 234 cm³/mol.